The first kappa shape index (κ1) is 15.2. The van der Waals surface area contributed by atoms with Gasteiger partial charge in [-0.25, -0.2) is 4.98 Å². The third kappa shape index (κ3) is 3.68. The number of nitrogens with zero attached hydrogens (tertiary/aromatic N) is 2. The summed E-state index contributed by atoms with van der Waals surface area (Å²) in [5, 5.41) is 14.1. The zero-order chi connectivity index (χ0) is 15.4. The molecule has 0 amide bonds. The fraction of sp³-hybridized carbons (Fsp3) is 0.214. The van der Waals surface area contributed by atoms with Gasteiger partial charge >= 0.3 is 0 Å². The molecule has 0 bridgehead atoms. The maximum Gasteiger partial charge on any atom is 0.273 e. The normalized spacial score (nSPS) is 10.4. The first-order valence-electron chi connectivity index (χ1n) is 6.23. The summed E-state index contributed by atoms with van der Waals surface area (Å²) < 4.78 is 5.60. The summed E-state index contributed by atoms with van der Waals surface area (Å²) in [6.07, 6.45) is 1.68. The molecule has 6 nitrogen and oxygen atoms in total. The Morgan fingerprint density at radius 3 is 2.81 bits per heavy atom. The number of aromatic nitrogens is 1. The molecule has 2 aromatic rings. The summed E-state index contributed by atoms with van der Waals surface area (Å²) in [5.74, 6) is 0.583. The quantitative estimate of drug-likeness (QED) is 0.676. The van der Waals surface area contributed by atoms with Gasteiger partial charge in [0.2, 0.25) is 5.88 Å². The molecule has 0 atom stereocenters. The molecule has 1 aromatic heterocycles. The van der Waals surface area contributed by atoms with E-state index in [9.17, 15) is 10.1 Å². The molecular formula is C14H14ClN3O3. The van der Waals surface area contributed by atoms with Gasteiger partial charge in [0.25, 0.3) is 5.69 Å². The topological polar surface area (TPSA) is 77.3 Å². The fourth-order valence-corrected chi connectivity index (χ4v) is 1.97. The Morgan fingerprint density at radius 1 is 1.43 bits per heavy atom. The van der Waals surface area contributed by atoms with Crippen molar-refractivity contribution in [2.24, 2.45) is 0 Å². The molecule has 0 radical (unpaired) electrons. The van der Waals surface area contributed by atoms with Crippen LogP contribution in [0.2, 0.25) is 5.02 Å². The number of pyridine rings is 1. The summed E-state index contributed by atoms with van der Waals surface area (Å²) in [6.45, 7) is 2.55. The minimum atomic E-state index is -0.501. The maximum atomic E-state index is 10.8. The van der Waals surface area contributed by atoms with Gasteiger partial charge in [-0.3, -0.25) is 10.1 Å². The van der Waals surface area contributed by atoms with Crippen molar-refractivity contribution in [2.45, 2.75) is 13.5 Å². The minimum Gasteiger partial charge on any atom is -0.437 e. The molecule has 1 aromatic carbocycles. The molecular weight excluding hydrogens is 294 g/mol. The van der Waals surface area contributed by atoms with E-state index < -0.39 is 4.92 Å². The Balaban J connectivity index is 2.29. The van der Waals surface area contributed by atoms with E-state index in [2.05, 4.69) is 10.3 Å². The van der Waals surface area contributed by atoms with Gasteiger partial charge in [-0.05, 0) is 31.7 Å². The average Bonchev–Trinajstić information content (AvgIpc) is 2.44. The number of ether oxygens (including phenoxy) is 1. The Hall–Kier alpha value is -2.18. The Kier molecular flexibility index (Phi) is 4.72. The fourth-order valence-electron chi connectivity index (χ4n) is 1.82. The zero-order valence-corrected chi connectivity index (χ0v) is 12.3. The summed E-state index contributed by atoms with van der Waals surface area (Å²) >= 11 is 6.00. The number of aryl methyl sites for hydroxylation is 1. The van der Waals surface area contributed by atoms with Gasteiger partial charge in [0.1, 0.15) is 0 Å². The maximum absolute atomic E-state index is 10.8. The molecule has 0 unspecified atom stereocenters. The van der Waals surface area contributed by atoms with E-state index in [1.165, 1.54) is 18.2 Å². The van der Waals surface area contributed by atoms with Crippen LogP contribution in [0, 0.1) is 17.0 Å². The lowest BCUT2D eigenvalue weighted by Gasteiger charge is -2.10. The number of nitro groups is 1. The van der Waals surface area contributed by atoms with Crippen LogP contribution in [0.15, 0.2) is 30.5 Å². The highest BCUT2D eigenvalue weighted by Crippen LogP contribution is 2.33. The molecule has 0 saturated carbocycles. The molecule has 7 heteroatoms. The van der Waals surface area contributed by atoms with Gasteiger partial charge < -0.3 is 10.1 Å². The molecule has 0 spiro atoms. The zero-order valence-electron chi connectivity index (χ0n) is 11.6. The number of nitro benzene ring substituents is 1. The highest BCUT2D eigenvalue weighted by molar-refractivity contribution is 6.32. The molecule has 0 fully saturated rings. The number of benzene rings is 1. The van der Waals surface area contributed by atoms with E-state index in [1.54, 1.807) is 6.20 Å². The van der Waals surface area contributed by atoms with Gasteiger partial charge in [0.05, 0.1) is 16.0 Å². The molecule has 2 rings (SSSR count). The lowest BCUT2D eigenvalue weighted by atomic mass is 10.2. The second-order valence-electron chi connectivity index (χ2n) is 4.47. The van der Waals surface area contributed by atoms with E-state index in [0.29, 0.717) is 17.4 Å². The van der Waals surface area contributed by atoms with Crippen molar-refractivity contribution in [1.29, 1.82) is 0 Å². The smallest absolute Gasteiger partial charge is 0.273 e. The van der Waals surface area contributed by atoms with E-state index >= 15 is 0 Å². The van der Waals surface area contributed by atoms with Crippen molar-refractivity contribution in [2.75, 3.05) is 7.05 Å². The number of halogens is 1. The molecule has 110 valence electrons. The van der Waals surface area contributed by atoms with Gasteiger partial charge in [-0.2, -0.15) is 0 Å². The lowest BCUT2D eigenvalue weighted by Crippen LogP contribution is -2.06. The van der Waals surface area contributed by atoms with Crippen molar-refractivity contribution in [1.82, 2.24) is 10.3 Å². The van der Waals surface area contributed by atoms with E-state index in [-0.39, 0.29) is 11.4 Å². The van der Waals surface area contributed by atoms with Crippen LogP contribution in [0.1, 0.15) is 11.1 Å². The number of hydrogen-bond acceptors (Lipinski definition) is 5. The standard InChI is InChI=1S/C14H14ClN3O3/c1-9-5-10(7-16-2)8-17-14(9)21-13-6-11(18(19)20)3-4-12(13)15/h3-6,8,16H,7H2,1-2H3. The second kappa shape index (κ2) is 6.51. The van der Waals surface area contributed by atoms with Crippen LogP contribution in [0.3, 0.4) is 0 Å². The van der Waals surface area contributed by atoms with Crippen molar-refractivity contribution >= 4 is 17.3 Å². The van der Waals surface area contributed by atoms with Crippen LogP contribution in [-0.2, 0) is 6.54 Å². The van der Waals surface area contributed by atoms with Crippen LogP contribution in [0.25, 0.3) is 0 Å². The number of rotatable bonds is 5. The third-order valence-electron chi connectivity index (χ3n) is 2.80. The van der Waals surface area contributed by atoms with E-state index in [4.69, 9.17) is 16.3 Å². The minimum absolute atomic E-state index is 0.0844. The first-order valence-corrected chi connectivity index (χ1v) is 6.61. The van der Waals surface area contributed by atoms with E-state index in [0.717, 1.165) is 11.1 Å². The first-order chi connectivity index (χ1) is 10.0. The van der Waals surface area contributed by atoms with Gasteiger partial charge in [0, 0.05) is 24.4 Å². The lowest BCUT2D eigenvalue weighted by molar-refractivity contribution is -0.384. The molecule has 21 heavy (non-hydrogen) atoms. The number of hydrogen-bond donors (Lipinski definition) is 1. The highest BCUT2D eigenvalue weighted by atomic mass is 35.5. The number of non-ortho nitro benzene ring substituents is 1. The molecule has 0 saturated heterocycles. The van der Waals surface area contributed by atoms with Crippen molar-refractivity contribution in [3.8, 4) is 11.6 Å². The monoisotopic (exact) mass is 307 g/mol. The van der Waals surface area contributed by atoms with Crippen LogP contribution in [-0.4, -0.2) is 17.0 Å². The van der Waals surface area contributed by atoms with Crippen LogP contribution < -0.4 is 10.1 Å². The van der Waals surface area contributed by atoms with Crippen molar-refractivity contribution < 1.29 is 9.66 Å². The SMILES string of the molecule is CNCc1cnc(Oc2cc([N+](=O)[O-])ccc2Cl)c(C)c1. The van der Waals surface area contributed by atoms with Gasteiger partial charge in [0.15, 0.2) is 5.75 Å². The summed E-state index contributed by atoms with van der Waals surface area (Å²) in [5.41, 5.74) is 1.76. The predicted octanol–water partition coefficient (Wildman–Crippen LogP) is 3.46. The van der Waals surface area contributed by atoms with Crippen LogP contribution in [0.5, 0.6) is 11.6 Å². The van der Waals surface area contributed by atoms with Crippen molar-refractivity contribution in [3.05, 3.63) is 56.7 Å². The molecule has 1 N–H and O–H groups in total. The molecule has 0 aliphatic carbocycles. The Morgan fingerprint density at radius 2 is 2.19 bits per heavy atom. The van der Waals surface area contributed by atoms with Crippen molar-refractivity contribution in [3.63, 3.8) is 0 Å². The predicted molar refractivity (Wildman–Crippen MR) is 79.9 cm³/mol. The van der Waals surface area contributed by atoms with Crippen LogP contribution in [0.4, 0.5) is 5.69 Å². The number of nitrogens with one attached hydrogen (secondary N) is 1. The molecule has 0 aliphatic heterocycles. The highest BCUT2D eigenvalue weighted by Gasteiger charge is 2.13. The largest absolute Gasteiger partial charge is 0.437 e. The Bertz CT molecular complexity index is 677. The third-order valence-corrected chi connectivity index (χ3v) is 3.11. The van der Waals surface area contributed by atoms with E-state index in [1.807, 2.05) is 20.0 Å². The molecule has 0 aliphatic rings. The van der Waals surface area contributed by atoms with Gasteiger partial charge in [-0.15, -0.1) is 0 Å². The molecule has 1 heterocycles. The van der Waals surface area contributed by atoms with Gasteiger partial charge in [-0.1, -0.05) is 11.6 Å². The summed E-state index contributed by atoms with van der Waals surface area (Å²) in [6, 6.07) is 5.97. The van der Waals surface area contributed by atoms with Crippen LogP contribution >= 0.6 is 11.6 Å². The summed E-state index contributed by atoms with van der Waals surface area (Å²) in [7, 11) is 1.85. The average molecular weight is 308 g/mol. The Labute approximate surface area is 126 Å². The second-order valence-corrected chi connectivity index (χ2v) is 4.88. The summed E-state index contributed by atoms with van der Waals surface area (Å²) in [4.78, 5) is 14.5.